The van der Waals surface area contributed by atoms with Crippen molar-refractivity contribution in [3.05, 3.63) is 18.0 Å². The molecule has 2 atom stereocenters. The molecular weight excluding hydrogens is 429 g/mol. The molecule has 0 radical (unpaired) electrons. The van der Waals surface area contributed by atoms with Crippen molar-refractivity contribution in [3.8, 4) is 0 Å². The Morgan fingerprint density at radius 1 is 1.40 bits per heavy atom. The molecule has 1 heterocycles. The fourth-order valence-electron chi connectivity index (χ4n) is 3.82. The Kier molecular flexibility index (Phi) is 9.20. The van der Waals surface area contributed by atoms with Crippen LogP contribution < -0.4 is 10.6 Å². The Morgan fingerprint density at radius 3 is 2.64 bits per heavy atom. The molecule has 6 nitrogen and oxygen atoms in total. The summed E-state index contributed by atoms with van der Waals surface area (Å²) in [5.74, 6) is 0.866. The first-order chi connectivity index (χ1) is 11.6. The number of aliphatic imine (C=N–C) groups is 1. The van der Waals surface area contributed by atoms with Gasteiger partial charge in [0.25, 0.3) is 0 Å². The maximum Gasteiger partial charge on any atom is 0.191 e. The number of nitrogens with zero attached hydrogens (tertiary/aromatic N) is 3. The number of hydrogen-bond donors (Lipinski definition) is 2. The minimum Gasteiger partial charge on any atom is -0.378 e. The van der Waals surface area contributed by atoms with Crippen molar-refractivity contribution in [1.82, 2.24) is 20.4 Å². The van der Waals surface area contributed by atoms with Crippen LogP contribution in [0.1, 0.15) is 45.6 Å². The fourth-order valence-corrected chi connectivity index (χ4v) is 3.82. The van der Waals surface area contributed by atoms with Crippen LogP contribution in [-0.4, -0.2) is 48.1 Å². The third kappa shape index (κ3) is 5.09. The standard InChI is InChI=1S/C18H33N5O.HI/c1-6-18(7-2)15(11-16(18)24-8-3)22-17(19-5)20-9-10-23-13-14(4)12-21-23;/h12-13,15-16H,6-11H2,1-5H3,(H2,19,20,22);1H. The molecule has 0 spiro atoms. The topological polar surface area (TPSA) is 63.5 Å². The Labute approximate surface area is 169 Å². The molecule has 0 aromatic carbocycles. The average Bonchev–Trinajstić information content (AvgIpc) is 2.99. The first-order valence-corrected chi connectivity index (χ1v) is 9.17. The highest BCUT2D eigenvalue weighted by Gasteiger charge is 2.53. The Morgan fingerprint density at radius 2 is 2.12 bits per heavy atom. The summed E-state index contributed by atoms with van der Waals surface area (Å²) >= 11 is 0. The lowest BCUT2D eigenvalue weighted by molar-refractivity contribution is -0.133. The molecule has 2 rings (SSSR count). The molecule has 25 heavy (non-hydrogen) atoms. The molecule has 1 fully saturated rings. The molecule has 1 aromatic heterocycles. The van der Waals surface area contributed by atoms with Gasteiger partial charge in [-0.3, -0.25) is 9.67 Å². The summed E-state index contributed by atoms with van der Waals surface area (Å²) in [6.45, 7) is 11.1. The quantitative estimate of drug-likeness (QED) is 0.354. The van der Waals surface area contributed by atoms with E-state index in [1.165, 1.54) is 5.56 Å². The van der Waals surface area contributed by atoms with Crippen molar-refractivity contribution in [2.45, 2.75) is 65.6 Å². The number of hydrogen-bond acceptors (Lipinski definition) is 3. The molecular formula is C18H34IN5O. The second kappa shape index (κ2) is 10.4. The average molecular weight is 463 g/mol. The normalized spacial score (nSPS) is 22.0. The van der Waals surface area contributed by atoms with Crippen molar-refractivity contribution in [3.63, 3.8) is 0 Å². The lowest BCUT2D eigenvalue weighted by Gasteiger charge is -2.55. The van der Waals surface area contributed by atoms with E-state index in [-0.39, 0.29) is 29.4 Å². The zero-order chi connectivity index (χ0) is 17.6. The summed E-state index contributed by atoms with van der Waals surface area (Å²) in [5.41, 5.74) is 1.40. The van der Waals surface area contributed by atoms with E-state index in [1.54, 1.807) is 0 Å². The Balaban J connectivity index is 0.00000312. The van der Waals surface area contributed by atoms with E-state index in [1.807, 2.05) is 17.9 Å². The predicted octanol–water partition coefficient (Wildman–Crippen LogP) is 2.96. The van der Waals surface area contributed by atoms with Crippen LogP contribution in [-0.2, 0) is 11.3 Å². The predicted molar refractivity (Wildman–Crippen MR) is 114 cm³/mol. The minimum absolute atomic E-state index is 0. The summed E-state index contributed by atoms with van der Waals surface area (Å²) in [7, 11) is 1.83. The lowest BCUT2D eigenvalue weighted by Crippen LogP contribution is -2.65. The van der Waals surface area contributed by atoms with Gasteiger partial charge in [0.2, 0.25) is 0 Å². The van der Waals surface area contributed by atoms with Crippen LogP contribution >= 0.6 is 24.0 Å². The van der Waals surface area contributed by atoms with E-state index in [2.05, 4.69) is 54.6 Å². The van der Waals surface area contributed by atoms with Crippen LogP contribution in [0.25, 0.3) is 0 Å². The maximum atomic E-state index is 5.95. The molecule has 0 aliphatic heterocycles. The van der Waals surface area contributed by atoms with E-state index in [0.29, 0.717) is 12.1 Å². The number of guanidine groups is 1. The molecule has 0 amide bonds. The summed E-state index contributed by atoms with van der Waals surface area (Å²) in [5, 5.41) is 11.3. The summed E-state index contributed by atoms with van der Waals surface area (Å²) in [6, 6.07) is 0.419. The van der Waals surface area contributed by atoms with E-state index >= 15 is 0 Å². The van der Waals surface area contributed by atoms with Crippen molar-refractivity contribution in [2.75, 3.05) is 20.2 Å². The second-order valence-corrected chi connectivity index (χ2v) is 6.60. The van der Waals surface area contributed by atoms with Gasteiger partial charge in [-0.05, 0) is 38.7 Å². The van der Waals surface area contributed by atoms with Gasteiger partial charge >= 0.3 is 0 Å². The number of nitrogens with one attached hydrogen (secondary N) is 2. The maximum absolute atomic E-state index is 5.95. The number of ether oxygens (including phenoxy) is 1. The molecule has 144 valence electrons. The van der Waals surface area contributed by atoms with Crippen LogP contribution in [0.2, 0.25) is 0 Å². The molecule has 2 unspecified atom stereocenters. The van der Waals surface area contributed by atoms with Gasteiger partial charge in [0.1, 0.15) is 0 Å². The third-order valence-corrected chi connectivity index (χ3v) is 5.40. The van der Waals surface area contributed by atoms with E-state index < -0.39 is 0 Å². The lowest BCUT2D eigenvalue weighted by atomic mass is 9.58. The number of rotatable bonds is 8. The highest BCUT2D eigenvalue weighted by atomic mass is 127. The van der Waals surface area contributed by atoms with Gasteiger partial charge in [-0.1, -0.05) is 13.8 Å². The molecule has 1 aromatic rings. The molecule has 0 saturated heterocycles. The monoisotopic (exact) mass is 463 g/mol. The Hall–Kier alpha value is -0.830. The number of aryl methyl sites for hydroxylation is 1. The first-order valence-electron chi connectivity index (χ1n) is 9.17. The van der Waals surface area contributed by atoms with Crippen LogP contribution in [0.3, 0.4) is 0 Å². The smallest absolute Gasteiger partial charge is 0.191 e. The third-order valence-electron chi connectivity index (χ3n) is 5.40. The van der Waals surface area contributed by atoms with Gasteiger partial charge in [-0.15, -0.1) is 24.0 Å². The van der Waals surface area contributed by atoms with Crippen LogP contribution in [0, 0.1) is 12.3 Å². The van der Waals surface area contributed by atoms with Crippen molar-refractivity contribution >= 4 is 29.9 Å². The highest BCUT2D eigenvalue weighted by Crippen LogP contribution is 2.48. The number of aromatic nitrogens is 2. The Bertz CT molecular complexity index is 541. The fraction of sp³-hybridized carbons (Fsp3) is 0.778. The molecule has 1 aliphatic carbocycles. The van der Waals surface area contributed by atoms with Crippen molar-refractivity contribution < 1.29 is 4.74 Å². The van der Waals surface area contributed by atoms with Gasteiger partial charge in [0.05, 0.1) is 18.8 Å². The minimum atomic E-state index is 0. The van der Waals surface area contributed by atoms with Gasteiger partial charge in [-0.2, -0.15) is 5.10 Å². The van der Waals surface area contributed by atoms with Gasteiger partial charge in [0, 0.05) is 37.9 Å². The molecule has 7 heteroatoms. The molecule has 1 saturated carbocycles. The zero-order valence-electron chi connectivity index (χ0n) is 16.2. The van der Waals surface area contributed by atoms with E-state index in [0.717, 1.165) is 44.9 Å². The van der Waals surface area contributed by atoms with Crippen LogP contribution in [0.5, 0.6) is 0 Å². The summed E-state index contributed by atoms with van der Waals surface area (Å²) in [4.78, 5) is 4.38. The van der Waals surface area contributed by atoms with Gasteiger partial charge in [-0.25, -0.2) is 0 Å². The SMILES string of the molecule is CCOC1CC(NC(=NC)NCCn2cc(C)cn2)C1(CC)CC.I. The largest absolute Gasteiger partial charge is 0.378 e. The highest BCUT2D eigenvalue weighted by molar-refractivity contribution is 14.0. The zero-order valence-corrected chi connectivity index (χ0v) is 18.5. The van der Waals surface area contributed by atoms with E-state index in [4.69, 9.17) is 4.74 Å². The van der Waals surface area contributed by atoms with E-state index in [9.17, 15) is 0 Å². The van der Waals surface area contributed by atoms with Gasteiger partial charge in [0.15, 0.2) is 5.96 Å². The van der Waals surface area contributed by atoms with Gasteiger partial charge < -0.3 is 15.4 Å². The first kappa shape index (κ1) is 22.2. The van der Waals surface area contributed by atoms with Crippen LogP contribution in [0.15, 0.2) is 17.4 Å². The van der Waals surface area contributed by atoms with Crippen molar-refractivity contribution in [2.24, 2.45) is 10.4 Å². The molecule has 0 bridgehead atoms. The summed E-state index contributed by atoms with van der Waals surface area (Å²) in [6.07, 6.45) is 7.58. The molecule has 2 N–H and O–H groups in total. The number of halogens is 1. The molecule has 1 aliphatic rings. The van der Waals surface area contributed by atoms with Crippen molar-refractivity contribution in [1.29, 1.82) is 0 Å². The summed E-state index contributed by atoms with van der Waals surface area (Å²) < 4.78 is 7.90. The van der Waals surface area contributed by atoms with Crippen LogP contribution in [0.4, 0.5) is 0 Å². The second-order valence-electron chi connectivity index (χ2n) is 6.60.